The lowest BCUT2D eigenvalue weighted by molar-refractivity contribution is -0.148. The maximum atomic E-state index is 11.7. The number of carbonyl (C=O) groups is 3. The minimum Gasteiger partial charge on any atom is -0.475 e. The molecular formula is C14H10O4S2. The quantitative estimate of drug-likeness (QED) is 0.504. The highest BCUT2D eigenvalue weighted by Crippen LogP contribution is 2.31. The van der Waals surface area contributed by atoms with Crippen molar-refractivity contribution in [3.05, 3.63) is 46.7 Å². The first-order valence-corrected chi connectivity index (χ1v) is 7.36. The average molecular weight is 306 g/mol. The predicted octanol–water partition coefficient (Wildman–Crippen LogP) is 3.13. The summed E-state index contributed by atoms with van der Waals surface area (Å²) in [7, 11) is 0. The molecule has 4 nitrogen and oxygen atoms in total. The van der Waals surface area contributed by atoms with E-state index in [9.17, 15) is 14.4 Å². The highest BCUT2D eigenvalue weighted by molar-refractivity contribution is 7.99. The number of rotatable bonds is 6. The fourth-order valence-corrected chi connectivity index (χ4v) is 3.32. The molecule has 0 fully saturated rings. The fourth-order valence-electron chi connectivity index (χ4n) is 1.45. The maximum absolute atomic E-state index is 11.7. The van der Waals surface area contributed by atoms with Crippen LogP contribution in [0.2, 0.25) is 0 Å². The number of aliphatic carboxylic acids is 1. The van der Waals surface area contributed by atoms with Crippen LogP contribution in [0.3, 0.4) is 0 Å². The summed E-state index contributed by atoms with van der Waals surface area (Å²) in [5, 5.41) is 10.3. The van der Waals surface area contributed by atoms with Gasteiger partial charge in [0.05, 0.1) is 11.3 Å². The van der Waals surface area contributed by atoms with Crippen LogP contribution in [-0.2, 0) is 9.59 Å². The third-order valence-corrected chi connectivity index (χ3v) is 4.49. The van der Waals surface area contributed by atoms with Gasteiger partial charge < -0.3 is 5.11 Å². The van der Waals surface area contributed by atoms with Gasteiger partial charge >= 0.3 is 5.97 Å². The Bertz CT molecular complexity index is 646. The van der Waals surface area contributed by atoms with E-state index < -0.39 is 24.0 Å². The smallest absolute Gasteiger partial charge is 0.372 e. The first kappa shape index (κ1) is 14.5. The van der Waals surface area contributed by atoms with E-state index in [0.717, 1.165) is 9.79 Å². The number of carboxylic acid groups (broad SMARTS) is 1. The Labute approximate surface area is 123 Å². The Hall–Kier alpha value is -1.92. The minimum absolute atomic E-state index is 0.401. The monoisotopic (exact) mass is 306 g/mol. The molecule has 102 valence electrons. The fraction of sp³-hybridized carbons (Fsp3) is 0.0714. The molecular weight excluding hydrogens is 296 g/mol. The molecule has 0 spiro atoms. The van der Waals surface area contributed by atoms with Crippen molar-refractivity contribution in [3.8, 4) is 0 Å². The number of carboxylic acids is 1. The van der Waals surface area contributed by atoms with E-state index in [0.29, 0.717) is 4.88 Å². The summed E-state index contributed by atoms with van der Waals surface area (Å²) in [6.07, 6.45) is -0.592. The lowest BCUT2D eigenvalue weighted by atomic mass is 10.2. The molecule has 0 saturated carbocycles. The van der Waals surface area contributed by atoms with E-state index in [4.69, 9.17) is 5.11 Å². The summed E-state index contributed by atoms with van der Waals surface area (Å²) in [5.41, 5.74) is 0. The largest absolute Gasteiger partial charge is 0.475 e. The molecule has 0 aliphatic heterocycles. The van der Waals surface area contributed by atoms with Gasteiger partial charge in [-0.3, -0.25) is 9.59 Å². The molecule has 0 atom stereocenters. The zero-order valence-corrected chi connectivity index (χ0v) is 11.9. The second-order valence-electron chi connectivity index (χ2n) is 3.89. The minimum atomic E-state index is -1.58. The second-order valence-corrected chi connectivity index (χ2v) is 5.95. The van der Waals surface area contributed by atoms with Crippen molar-refractivity contribution >= 4 is 40.6 Å². The molecule has 1 aromatic carbocycles. The van der Waals surface area contributed by atoms with Crippen LogP contribution in [0.1, 0.15) is 16.1 Å². The Kier molecular flexibility index (Phi) is 4.70. The molecule has 1 N–H and O–H groups in total. The van der Waals surface area contributed by atoms with Gasteiger partial charge in [-0.2, -0.15) is 0 Å². The lowest BCUT2D eigenvalue weighted by Gasteiger charge is -1.97. The summed E-state index contributed by atoms with van der Waals surface area (Å²) in [4.78, 5) is 35.5. The number of hydrogen-bond acceptors (Lipinski definition) is 5. The third kappa shape index (κ3) is 3.79. The van der Waals surface area contributed by atoms with Crippen molar-refractivity contribution in [1.29, 1.82) is 0 Å². The van der Waals surface area contributed by atoms with Gasteiger partial charge in [-0.1, -0.05) is 30.0 Å². The Balaban J connectivity index is 2.04. The van der Waals surface area contributed by atoms with Crippen LogP contribution in [0.4, 0.5) is 0 Å². The molecule has 0 saturated heterocycles. The number of ketones is 2. The molecule has 0 amide bonds. The first-order valence-electron chi connectivity index (χ1n) is 5.67. The van der Waals surface area contributed by atoms with Crippen molar-refractivity contribution < 1.29 is 19.5 Å². The van der Waals surface area contributed by atoms with Crippen LogP contribution in [0.15, 0.2) is 51.6 Å². The third-order valence-electron chi connectivity index (χ3n) is 2.39. The van der Waals surface area contributed by atoms with Crippen molar-refractivity contribution in [2.75, 3.05) is 0 Å². The van der Waals surface area contributed by atoms with E-state index in [1.165, 1.54) is 23.1 Å². The summed E-state index contributed by atoms with van der Waals surface area (Å²) in [5.74, 6) is -3.11. The second kappa shape index (κ2) is 6.49. The van der Waals surface area contributed by atoms with Crippen molar-refractivity contribution in [2.45, 2.75) is 16.2 Å². The highest BCUT2D eigenvalue weighted by atomic mass is 32.2. The summed E-state index contributed by atoms with van der Waals surface area (Å²) in [6.45, 7) is 0. The molecule has 2 rings (SSSR count). The molecule has 20 heavy (non-hydrogen) atoms. The zero-order valence-electron chi connectivity index (χ0n) is 10.2. The van der Waals surface area contributed by atoms with Crippen molar-refractivity contribution in [3.63, 3.8) is 0 Å². The molecule has 6 heteroatoms. The van der Waals surface area contributed by atoms with Gasteiger partial charge in [0.25, 0.3) is 0 Å². The highest BCUT2D eigenvalue weighted by Gasteiger charge is 2.19. The summed E-state index contributed by atoms with van der Waals surface area (Å²) in [6, 6.07) is 11.4. The van der Waals surface area contributed by atoms with Crippen LogP contribution in [0, 0.1) is 0 Å². The van der Waals surface area contributed by atoms with E-state index >= 15 is 0 Å². The van der Waals surface area contributed by atoms with Crippen LogP contribution in [0.5, 0.6) is 0 Å². The molecule has 0 radical (unpaired) electrons. The van der Waals surface area contributed by atoms with Crippen LogP contribution < -0.4 is 0 Å². The number of hydrogen-bond donors (Lipinski definition) is 1. The van der Waals surface area contributed by atoms with Crippen molar-refractivity contribution in [1.82, 2.24) is 0 Å². The SMILES string of the molecule is O=C(O)C(=O)CC(=O)c1cc(Sc2ccccc2)cs1. The molecule has 0 aliphatic carbocycles. The standard InChI is InChI=1S/C14H10O4S2/c15-11(7-12(16)14(17)18)13-6-10(8-19-13)20-9-4-2-1-3-5-9/h1-6,8H,7H2,(H,17,18). The lowest BCUT2D eigenvalue weighted by Crippen LogP contribution is -2.16. The summed E-state index contributed by atoms with van der Waals surface area (Å²) >= 11 is 2.72. The maximum Gasteiger partial charge on any atom is 0.372 e. The van der Waals surface area contributed by atoms with Crippen molar-refractivity contribution in [2.24, 2.45) is 0 Å². The van der Waals surface area contributed by atoms with E-state index in [1.54, 1.807) is 6.07 Å². The number of Topliss-reactive ketones (excluding diaryl/α,β-unsaturated/α-hetero) is 2. The van der Waals surface area contributed by atoms with Crippen LogP contribution >= 0.6 is 23.1 Å². The Morgan fingerprint density at radius 2 is 1.80 bits per heavy atom. The topological polar surface area (TPSA) is 71.4 Å². The average Bonchev–Trinajstić information content (AvgIpc) is 2.88. The predicted molar refractivity (Wildman–Crippen MR) is 76.5 cm³/mol. The molecule has 0 unspecified atom stereocenters. The van der Waals surface area contributed by atoms with Gasteiger partial charge in [0.1, 0.15) is 0 Å². The van der Waals surface area contributed by atoms with Gasteiger partial charge in [0.15, 0.2) is 5.78 Å². The first-order chi connectivity index (χ1) is 9.56. The van der Waals surface area contributed by atoms with E-state index in [2.05, 4.69) is 0 Å². The molecule has 1 aromatic heterocycles. The molecule has 0 bridgehead atoms. The Morgan fingerprint density at radius 3 is 2.45 bits per heavy atom. The van der Waals surface area contributed by atoms with E-state index in [1.807, 2.05) is 35.7 Å². The number of carbonyl (C=O) groups excluding carboxylic acids is 2. The number of benzene rings is 1. The van der Waals surface area contributed by atoms with Crippen LogP contribution in [0.25, 0.3) is 0 Å². The van der Waals surface area contributed by atoms with Crippen LogP contribution in [-0.4, -0.2) is 22.6 Å². The van der Waals surface area contributed by atoms with Gasteiger partial charge in [0.2, 0.25) is 5.78 Å². The Morgan fingerprint density at radius 1 is 1.10 bits per heavy atom. The molecule has 2 aromatic rings. The zero-order chi connectivity index (χ0) is 14.5. The van der Waals surface area contributed by atoms with Gasteiger partial charge in [-0.05, 0) is 18.2 Å². The summed E-state index contributed by atoms with van der Waals surface area (Å²) < 4.78 is 0. The molecule has 1 heterocycles. The normalized spacial score (nSPS) is 10.2. The number of thiophene rings is 1. The van der Waals surface area contributed by atoms with Gasteiger partial charge in [0, 0.05) is 15.2 Å². The van der Waals surface area contributed by atoms with Gasteiger partial charge in [-0.25, -0.2) is 4.79 Å². The van der Waals surface area contributed by atoms with Gasteiger partial charge in [-0.15, -0.1) is 11.3 Å². The molecule has 0 aliphatic rings. The van der Waals surface area contributed by atoms with E-state index in [-0.39, 0.29) is 0 Å².